The van der Waals surface area contributed by atoms with Crippen LogP contribution in [0, 0.1) is 0 Å². The first-order chi connectivity index (χ1) is 18.3. The number of hydrogen-bond donors (Lipinski definition) is 0. The van der Waals surface area contributed by atoms with Crippen molar-refractivity contribution in [2.45, 2.75) is 0 Å². The molecule has 8 rings (SSSR count). The van der Waals surface area contributed by atoms with Gasteiger partial charge in [0.25, 0.3) is 0 Å². The van der Waals surface area contributed by atoms with Gasteiger partial charge < -0.3 is 4.90 Å². The lowest BCUT2D eigenvalue weighted by molar-refractivity contribution is 1.31. The summed E-state index contributed by atoms with van der Waals surface area (Å²) in [6.07, 6.45) is 0. The molecular formula is C34H21NS2. The molecule has 0 aliphatic rings. The Labute approximate surface area is 222 Å². The van der Waals surface area contributed by atoms with Crippen LogP contribution in [0.1, 0.15) is 0 Å². The number of rotatable bonds is 3. The van der Waals surface area contributed by atoms with Gasteiger partial charge >= 0.3 is 0 Å². The molecule has 0 saturated heterocycles. The minimum atomic E-state index is 1.16. The van der Waals surface area contributed by atoms with Crippen molar-refractivity contribution in [3.8, 4) is 0 Å². The molecule has 0 spiro atoms. The molecule has 6 aromatic carbocycles. The van der Waals surface area contributed by atoms with Crippen LogP contribution in [0.3, 0.4) is 0 Å². The molecule has 174 valence electrons. The van der Waals surface area contributed by atoms with E-state index in [1.165, 1.54) is 62.5 Å². The molecule has 8 aromatic rings. The fraction of sp³-hybridized carbons (Fsp3) is 0. The van der Waals surface area contributed by atoms with E-state index in [0.717, 1.165) is 5.69 Å². The number of para-hydroxylation sites is 1. The Morgan fingerprint density at radius 1 is 0.405 bits per heavy atom. The highest BCUT2D eigenvalue weighted by atomic mass is 32.1. The van der Waals surface area contributed by atoms with Crippen molar-refractivity contribution in [1.29, 1.82) is 0 Å². The largest absolute Gasteiger partial charge is 0.309 e. The van der Waals surface area contributed by atoms with Gasteiger partial charge in [0.1, 0.15) is 0 Å². The summed E-state index contributed by atoms with van der Waals surface area (Å²) < 4.78 is 5.33. The monoisotopic (exact) mass is 507 g/mol. The molecule has 0 bridgehead atoms. The van der Waals surface area contributed by atoms with Gasteiger partial charge in [-0.25, -0.2) is 0 Å². The highest BCUT2D eigenvalue weighted by Crippen LogP contribution is 2.46. The van der Waals surface area contributed by atoms with Gasteiger partial charge in [-0.05, 0) is 47.9 Å². The van der Waals surface area contributed by atoms with Gasteiger partial charge in [-0.15, -0.1) is 22.7 Å². The zero-order valence-corrected chi connectivity index (χ0v) is 21.5. The molecule has 0 fully saturated rings. The average Bonchev–Trinajstić information content (AvgIpc) is 3.53. The van der Waals surface area contributed by atoms with Crippen LogP contribution in [0.5, 0.6) is 0 Å². The number of thiophene rings is 2. The summed E-state index contributed by atoms with van der Waals surface area (Å²) in [6.45, 7) is 0. The van der Waals surface area contributed by atoms with Gasteiger partial charge in [-0.3, -0.25) is 0 Å². The Balaban J connectivity index is 1.43. The summed E-state index contributed by atoms with van der Waals surface area (Å²) in [7, 11) is 0. The van der Waals surface area contributed by atoms with Crippen molar-refractivity contribution in [3.63, 3.8) is 0 Å². The summed E-state index contributed by atoms with van der Waals surface area (Å²) >= 11 is 3.77. The zero-order valence-electron chi connectivity index (χ0n) is 19.9. The van der Waals surface area contributed by atoms with Crippen molar-refractivity contribution in [2.75, 3.05) is 4.90 Å². The van der Waals surface area contributed by atoms with E-state index < -0.39 is 0 Å². The lowest BCUT2D eigenvalue weighted by atomic mass is 10.0. The van der Waals surface area contributed by atoms with Crippen LogP contribution in [0.25, 0.3) is 51.1 Å². The van der Waals surface area contributed by atoms with E-state index in [9.17, 15) is 0 Å². The molecule has 37 heavy (non-hydrogen) atoms. The van der Waals surface area contributed by atoms with Gasteiger partial charge in [-0.1, -0.05) is 84.9 Å². The number of benzene rings is 6. The van der Waals surface area contributed by atoms with E-state index in [1.54, 1.807) is 0 Å². The Kier molecular flexibility index (Phi) is 4.63. The summed E-state index contributed by atoms with van der Waals surface area (Å²) in [5.74, 6) is 0. The second-order valence-corrected chi connectivity index (χ2v) is 11.5. The first-order valence-electron chi connectivity index (χ1n) is 12.4. The van der Waals surface area contributed by atoms with E-state index in [2.05, 4.69) is 132 Å². The molecule has 2 heterocycles. The number of fused-ring (bicyclic) bond motifs is 8. The van der Waals surface area contributed by atoms with Crippen molar-refractivity contribution in [3.05, 3.63) is 127 Å². The van der Waals surface area contributed by atoms with Gasteiger partial charge in [0.2, 0.25) is 0 Å². The Hall–Kier alpha value is -4.18. The van der Waals surface area contributed by atoms with Gasteiger partial charge in [0, 0.05) is 52.4 Å². The summed E-state index contributed by atoms with van der Waals surface area (Å²) in [5.41, 5.74) is 3.55. The van der Waals surface area contributed by atoms with Gasteiger partial charge in [0.15, 0.2) is 0 Å². The molecule has 0 radical (unpaired) electrons. The van der Waals surface area contributed by atoms with Gasteiger partial charge in [-0.2, -0.15) is 0 Å². The minimum Gasteiger partial charge on any atom is -0.309 e. The molecule has 0 atom stereocenters. The molecule has 2 aromatic heterocycles. The Morgan fingerprint density at radius 2 is 1.03 bits per heavy atom. The number of anilines is 3. The fourth-order valence-electron chi connectivity index (χ4n) is 5.54. The van der Waals surface area contributed by atoms with Crippen LogP contribution in [0.15, 0.2) is 127 Å². The van der Waals surface area contributed by atoms with E-state index in [4.69, 9.17) is 0 Å². The number of hydrogen-bond acceptors (Lipinski definition) is 3. The zero-order chi connectivity index (χ0) is 24.3. The predicted octanol–water partition coefficient (Wildman–Crippen LogP) is 11.0. The molecule has 0 aliphatic heterocycles. The molecule has 0 aliphatic carbocycles. The molecule has 0 unspecified atom stereocenters. The van der Waals surface area contributed by atoms with Crippen LogP contribution in [-0.4, -0.2) is 0 Å². The van der Waals surface area contributed by atoms with Crippen LogP contribution < -0.4 is 4.90 Å². The Bertz CT molecular complexity index is 2100. The maximum Gasteiger partial charge on any atom is 0.0640 e. The third kappa shape index (κ3) is 3.21. The normalized spacial score (nSPS) is 11.8. The maximum atomic E-state index is 2.42. The topological polar surface area (TPSA) is 3.24 Å². The SMILES string of the molecule is c1ccc(N(c2ccc3ccc4c5ccccc5sc4c3c2)c2cccc3c2sc2ccccc23)cc1. The van der Waals surface area contributed by atoms with Crippen molar-refractivity contribution in [1.82, 2.24) is 0 Å². The van der Waals surface area contributed by atoms with Crippen molar-refractivity contribution >= 4 is 90.9 Å². The number of nitrogens with zero attached hydrogens (tertiary/aromatic N) is 1. The first kappa shape index (κ1) is 21.0. The summed E-state index contributed by atoms with van der Waals surface area (Å²) in [4.78, 5) is 2.42. The van der Waals surface area contributed by atoms with Crippen LogP contribution in [0.2, 0.25) is 0 Å². The second kappa shape index (κ2) is 8.17. The third-order valence-electron chi connectivity index (χ3n) is 7.24. The molecular weight excluding hydrogens is 487 g/mol. The summed E-state index contributed by atoms with van der Waals surface area (Å²) in [6, 6.07) is 46.4. The second-order valence-electron chi connectivity index (χ2n) is 9.37. The molecule has 0 amide bonds. The fourth-order valence-corrected chi connectivity index (χ4v) is 7.98. The minimum absolute atomic E-state index is 1.16. The Morgan fingerprint density at radius 3 is 1.81 bits per heavy atom. The third-order valence-corrected chi connectivity index (χ3v) is 9.67. The quantitative estimate of drug-likeness (QED) is 0.230. The highest BCUT2D eigenvalue weighted by Gasteiger charge is 2.19. The van der Waals surface area contributed by atoms with Crippen molar-refractivity contribution in [2.24, 2.45) is 0 Å². The van der Waals surface area contributed by atoms with E-state index >= 15 is 0 Å². The van der Waals surface area contributed by atoms with E-state index in [0.29, 0.717) is 0 Å². The smallest absolute Gasteiger partial charge is 0.0640 e. The standard InChI is InChI=1S/C34H21NS2/c1-2-9-23(10-3-1)35(30-14-8-13-27-25-11-4-7-16-32(25)37-34(27)30)24-19-17-22-18-20-28-26-12-5-6-15-31(26)36-33(28)29(22)21-24/h1-21H. The lowest BCUT2D eigenvalue weighted by Crippen LogP contribution is -2.09. The van der Waals surface area contributed by atoms with Crippen LogP contribution >= 0.6 is 22.7 Å². The average molecular weight is 508 g/mol. The summed E-state index contributed by atoms with van der Waals surface area (Å²) in [5, 5.41) is 7.89. The molecule has 0 N–H and O–H groups in total. The van der Waals surface area contributed by atoms with E-state index in [1.807, 2.05) is 22.7 Å². The van der Waals surface area contributed by atoms with Gasteiger partial charge in [0.05, 0.1) is 10.4 Å². The van der Waals surface area contributed by atoms with Crippen molar-refractivity contribution < 1.29 is 0 Å². The lowest BCUT2D eigenvalue weighted by Gasteiger charge is -2.26. The van der Waals surface area contributed by atoms with Crippen LogP contribution in [-0.2, 0) is 0 Å². The maximum absolute atomic E-state index is 2.42. The molecule has 0 saturated carbocycles. The van der Waals surface area contributed by atoms with E-state index in [-0.39, 0.29) is 0 Å². The highest BCUT2D eigenvalue weighted by molar-refractivity contribution is 7.27. The van der Waals surface area contributed by atoms with Crippen LogP contribution in [0.4, 0.5) is 17.1 Å². The molecule has 3 heteroatoms. The first-order valence-corrected chi connectivity index (χ1v) is 14.1. The molecule has 1 nitrogen and oxygen atoms in total. The predicted molar refractivity (Wildman–Crippen MR) is 164 cm³/mol.